The summed E-state index contributed by atoms with van der Waals surface area (Å²) in [5.41, 5.74) is -0.780. The zero-order chi connectivity index (χ0) is 15.6. The van der Waals surface area contributed by atoms with Crippen LogP contribution in [0.15, 0.2) is 24.3 Å². The first-order chi connectivity index (χ1) is 9.00. The lowest BCUT2D eigenvalue weighted by Crippen LogP contribution is -2.39. The number of ether oxygens (including phenoxy) is 1. The van der Waals surface area contributed by atoms with Gasteiger partial charge in [0.15, 0.2) is 0 Å². The van der Waals surface area contributed by atoms with Gasteiger partial charge in [0.1, 0.15) is 11.6 Å². The molecule has 0 aliphatic heterocycles. The molecule has 0 bridgehead atoms. The van der Waals surface area contributed by atoms with E-state index in [1.54, 1.807) is 0 Å². The minimum absolute atomic E-state index is 0.780. The number of carbonyl (C=O) groups excluding carboxylic acids is 1. The number of hydrogen-bond donors (Lipinski definition) is 1. The van der Waals surface area contributed by atoms with Gasteiger partial charge in [-0.2, -0.15) is 21.6 Å². The van der Waals surface area contributed by atoms with Crippen molar-refractivity contribution in [2.24, 2.45) is 0 Å². The van der Waals surface area contributed by atoms with Crippen molar-refractivity contribution < 1.29 is 40.1 Å². The van der Waals surface area contributed by atoms with Crippen LogP contribution >= 0.6 is 0 Å². The summed E-state index contributed by atoms with van der Waals surface area (Å²) in [6.45, 7) is 0. The molecule has 1 atom stereocenters. The molecule has 0 amide bonds. The van der Waals surface area contributed by atoms with Crippen LogP contribution in [0, 0.1) is 5.82 Å². The second-order valence-corrected chi connectivity index (χ2v) is 5.16. The number of alkyl halides is 3. The molecule has 0 aliphatic rings. The Morgan fingerprint density at radius 1 is 1.30 bits per heavy atom. The summed E-state index contributed by atoms with van der Waals surface area (Å²) in [6.07, 6.45) is -8.32. The Balaban J connectivity index is 2.97. The quantitative estimate of drug-likeness (QED) is 0.520. The third-order valence-corrected chi connectivity index (χ3v) is 2.79. The standard InChI is InChI=1S/C10H8F4O5S/c11-7-4-2-1-3-6(7)9(15)19-8(10(12,13)14)5-20(16,17)18/h1-4,8H,5H2,(H,16,17,18). The first-order valence-electron chi connectivity index (χ1n) is 4.98. The highest BCUT2D eigenvalue weighted by atomic mass is 32.2. The highest BCUT2D eigenvalue weighted by Crippen LogP contribution is 2.25. The highest BCUT2D eigenvalue weighted by molar-refractivity contribution is 7.85. The molecule has 0 saturated heterocycles. The number of rotatable bonds is 4. The molecule has 1 unspecified atom stereocenters. The maximum Gasteiger partial charge on any atom is 0.426 e. The van der Waals surface area contributed by atoms with Crippen molar-refractivity contribution >= 4 is 16.1 Å². The maximum absolute atomic E-state index is 13.2. The van der Waals surface area contributed by atoms with Crippen molar-refractivity contribution in [3.63, 3.8) is 0 Å². The lowest BCUT2D eigenvalue weighted by atomic mass is 10.2. The molecule has 10 heteroatoms. The van der Waals surface area contributed by atoms with Crippen LogP contribution in [0.5, 0.6) is 0 Å². The second kappa shape index (κ2) is 5.75. The summed E-state index contributed by atoms with van der Waals surface area (Å²) in [7, 11) is -5.04. The van der Waals surface area contributed by atoms with E-state index in [1.165, 1.54) is 12.1 Å². The molecule has 1 aromatic carbocycles. The van der Waals surface area contributed by atoms with E-state index < -0.39 is 45.5 Å². The zero-order valence-corrected chi connectivity index (χ0v) is 10.4. The first kappa shape index (κ1) is 16.4. The third-order valence-electron chi connectivity index (χ3n) is 2.07. The van der Waals surface area contributed by atoms with Crippen LogP contribution in [0.3, 0.4) is 0 Å². The average Bonchev–Trinajstić information content (AvgIpc) is 2.25. The van der Waals surface area contributed by atoms with Crippen molar-refractivity contribution in [2.75, 3.05) is 5.75 Å². The van der Waals surface area contributed by atoms with Gasteiger partial charge in [-0.05, 0) is 12.1 Å². The lowest BCUT2D eigenvalue weighted by molar-refractivity contribution is -0.197. The van der Waals surface area contributed by atoms with Crippen LogP contribution < -0.4 is 0 Å². The van der Waals surface area contributed by atoms with Gasteiger partial charge in [0.05, 0.1) is 5.56 Å². The van der Waals surface area contributed by atoms with Crippen molar-refractivity contribution in [3.8, 4) is 0 Å². The molecular weight excluding hydrogens is 308 g/mol. The summed E-state index contributed by atoms with van der Waals surface area (Å²) >= 11 is 0. The van der Waals surface area contributed by atoms with Crippen LogP contribution in [0.1, 0.15) is 10.4 Å². The largest absolute Gasteiger partial charge is 0.448 e. The Morgan fingerprint density at radius 3 is 2.30 bits per heavy atom. The molecule has 0 fully saturated rings. The molecule has 0 aromatic heterocycles. The summed E-state index contributed by atoms with van der Waals surface area (Å²) in [6, 6.07) is 4.08. The summed E-state index contributed by atoms with van der Waals surface area (Å²) in [5, 5.41) is 0. The molecule has 1 aromatic rings. The fraction of sp³-hybridized carbons (Fsp3) is 0.300. The van der Waals surface area contributed by atoms with Crippen molar-refractivity contribution in [2.45, 2.75) is 12.3 Å². The summed E-state index contributed by atoms with van der Waals surface area (Å²) in [4.78, 5) is 11.4. The molecule has 0 saturated carbocycles. The molecule has 1 rings (SSSR count). The Morgan fingerprint density at radius 2 is 1.85 bits per heavy atom. The van der Waals surface area contributed by atoms with Gasteiger partial charge in [0.25, 0.3) is 10.1 Å². The lowest BCUT2D eigenvalue weighted by Gasteiger charge is -2.19. The van der Waals surface area contributed by atoms with E-state index in [-0.39, 0.29) is 0 Å². The minimum atomic E-state index is -5.23. The van der Waals surface area contributed by atoms with E-state index >= 15 is 0 Å². The SMILES string of the molecule is O=C(OC(CS(=O)(=O)O)C(F)(F)F)c1ccccc1F. The van der Waals surface area contributed by atoms with Gasteiger partial charge in [-0.1, -0.05) is 12.1 Å². The average molecular weight is 316 g/mol. The summed E-state index contributed by atoms with van der Waals surface area (Å²) in [5.74, 6) is -4.67. The fourth-order valence-electron chi connectivity index (χ4n) is 1.21. The molecule has 0 spiro atoms. The van der Waals surface area contributed by atoms with E-state index in [0.29, 0.717) is 0 Å². The Kier molecular flexibility index (Phi) is 4.71. The van der Waals surface area contributed by atoms with E-state index in [2.05, 4.69) is 4.74 Å². The van der Waals surface area contributed by atoms with Gasteiger partial charge in [-0.3, -0.25) is 4.55 Å². The first-order valence-corrected chi connectivity index (χ1v) is 6.59. The minimum Gasteiger partial charge on any atom is -0.448 e. The molecule has 112 valence electrons. The van der Waals surface area contributed by atoms with E-state index in [1.807, 2.05) is 0 Å². The van der Waals surface area contributed by atoms with Gasteiger partial charge >= 0.3 is 12.1 Å². The fourth-order valence-corrected chi connectivity index (χ4v) is 1.85. The van der Waals surface area contributed by atoms with Crippen LogP contribution in [0.25, 0.3) is 0 Å². The number of hydrogen-bond acceptors (Lipinski definition) is 4. The second-order valence-electron chi connectivity index (χ2n) is 3.66. The number of benzene rings is 1. The third kappa shape index (κ3) is 4.78. The zero-order valence-electron chi connectivity index (χ0n) is 9.59. The molecule has 5 nitrogen and oxygen atoms in total. The van der Waals surface area contributed by atoms with E-state index in [9.17, 15) is 30.8 Å². The van der Waals surface area contributed by atoms with Gasteiger partial charge in [0, 0.05) is 0 Å². The topological polar surface area (TPSA) is 80.7 Å². The molecule has 0 heterocycles. The molecule has 0 aliphatic carbocycles. The monoisotopic (exact) mass is 316 g/mol. The highest BCUT2D eigenvalue weighted by Gasteiger charge is 2.45. The molecule has 1 N–H and O–H groups in total. The predicted molar refractivity (Wildman–Crippen MR) is 58.1 cm³/mol. The van der Waals surface area contributed by atoms with Gasteiger partial charge in [-0.15, -0.1) is 0 Å². The number of carbonyl (C=O) groups is 1. The Bertz CT molecular complexity index is 596. The van der Waals surface area contributed by atoms with E-state index in [4.69, 9.17) is 4.55 Å². The maximum atomic E-state index is 13.2. The van der Waals surface area contributed by atoms with Crippen molar-refractivity contribution in [3.05, 3.63) is 35.6 Å². The van der Waals surface area contributed by atoms with Crippen LogP contribution in [-0.2, 0) is 14.9 Å². The van der Waals surface area contributed by atoms with Crippen LogP contribution in [0.2, 0.25) is 0 Å². The number of esters is 1. The van der Waals surface area contributed by atoms with Gasteiger partial charge in [-0.25, -0.2) is 9.18 Å². The van der Waals surface area contributed by atoms with Gasteiger partial charge in [0.2, 0.25) is 6.10 Å². The van der Waals surface area contributed by atoms with Crippen molar-refractivity contribution in [1.29, 1.82) is 0 Å². The van der Waals surface area contributed by atoms with Crippen LogP contribution in [-0.4, -0.2) is 37.0 Å². The van der Waals surface area contributed by atoms with Gasteiger partial charge < -0.3 is 4.74 Å². The smallest absolute Gasteiger partial charge is 0.426 e. The molecular formula is C10H8F4O5S. The van der Waals surface area contributed by atoms with Crippen molar-refractivity contribution in [1.82, 2.24) is 0 Å². The van der Waals surface area contributed by atoms with Crippen LogP contribution in [0.4, 0.5) is 17.6 Å². The Labute approximate surface area is 110 Å². The molecule has 20 heavy (non-hydrogen) atoms. The predicted octanol–water partition coefficient (Wildman–Crippen LogP) is 1.80. The normalized spacial score (nSPS) is 13.8. The van der Waals surface area contributed by atoms with E-state index in [0.717, 1.165) is 12.1 Å². The Hall–Kier alpha value is -1.68. The molecule has 0 radical (unpaired) electrons. The number of halogens is 4. The summed E-state index contributed by atoms with van der Waals surface area (Å²) < 4.78 is 83.9.